The molecule has 0 aliphatic carbocycles. The van der Waals surface area contributed by atoms with Crippen molar-refractivity contribution in [2.45, 2.75) is 11.8 Å². The first-order valence-electron chi connectivity index (χ1n) is 12.6. The van der Waals surface area contributed by atoms with Gasteiger partial charge in [-0.05, 0) is 60.8 Å². The summed E-state index contributed by atoms with van der Waals surface area (Å²) in [5, 5.41) is 25.5. The fourth-order valence-electron chi connectivity index (χ4n) is 5.10. The number of carboxylic acids is 1. The second-order valence-electron chi connectivity index (χ2n) is 9.67. The Morgan fingerprint density at radius 2 is 1.76 bits per heavy atom. The lowest BCUT2D eigenvalue weighted by Gasteiger charge is -2.15. The van der Waals surface area contributed by atoms with Gasteiger partial charge in [0, 0.05) is 34.7 Å². The largest absolute Gasteiger partial charge is 0.476 e. The van der Waals surface area contributed by atoms with Crippen LogP contribution in [0.15, 0.2) is 89.1 Å². The number of carbonyl (C=O) groups is 1. The molecule has 0 bridgehead atoms. The summed E-state index contributed by atoms with van der Waals surface area (Å²) in [5.41, 5.74) is 3.66. The molecule has 208 valence electrons. The van der Waals surface area contributed by atoms with Crippen LogP contribution in [0.25, 0.3) is 44.5 Å². The molecule has 42 heavy (non-hydrogen) atoms. The van der Waals surface area contributed by atoms with Gasteiger partial charge in [-0.1, -0.05) is 35.9 Å². The highest BCUT2D eigenvalue weighted by Crippen LogP contribution is 2.45. The van der Waals surface area contributed by atoms with Crippen LogP contribution < -0.4 is 0 Å². The van der Waals surface area contributed by atoms with Crippen molar-refractivity contribution >= 4 is 38.2 Å². The average molecular weight is 597 g/mol. The number of thiophene rings is 1. The Hall–Kier alpha value is -5.05. The van der Waals surface area contributed by atoms with Crippen molar-refractivity contribution in [1.82, 2.24) is 13.8 Å². The number of aromatic nitrogens is 3. The third-order valence-corrected chi connectivity index (χ3v) is 9.56. The van der Waals surface area contributed by atoms with Gasteiger partial charge in [0.1, 0.15) is 16.8 Å². The fraction of sp³-hybridized carbons (Fsp3) is 0.0645. The van der Waals surface area contributed by atoms with Crippen molar-refractivity contribution in [2.75, 3.05) is 0 Å². The number of nitrogens with zero attached hydrogens (tertiary/aromatic N) is 4. The molecule has 1 N–H and O–H groups in total. The predicted molar refractivity (Wildman–Crippen MR) is 158 cm³/mol. The van der Waals surface area contributed by atoms with E-state index in [1.165, 1.54) is 56.4 Å². The van der Waals surface area contributed by atoms with E-state index >= 15 is 0 Å². The van der Waals surface area contributed by atoms with Crippen LogP contribution in [0.3, 0.4) is 0 Å². The maximum atomic E-state index is 14.8. The Labute approximate surface area is 244 Å². The molecule has 0 aliphatic rings. The Kier molecular flexibility index (Phi) is 6.52. The van der Waals surface area contributed by atoms with Crippen LogP contribution in [0.4, 0.5) is 4.39 Å². The van der Waals surface area contributed by atoms with Crippen molar-refractivity contribution in [2.24, 2.45) is 7.05 Å². The molecular weight excluding hydrogens is 575 g/mol. The highest BCUT2D eigenvalue weighted by molar-refractivity contribution is 7.90. The third-order valence-electron chi connectivity index (χ3n) is 7.01. The first kappa shape index (κ1) is 27.1. The number of rotatable bonds is 6. The molecule has 11 heteroatoms. The second kappa shape index (κ2) is 10.1. The fourth-order valence-corrected chi connectivity index (χ4v) is 7.33. The first-order valence-corrected chi connectivity index (χ1v) is 14.9. The van der Waals surface area contributed by atoms with Gasteiger partial charge in [0.05, 0.1) is 21.8 Å². The molecule has 0 unspecified atom stereocenters. The number of hydrogen-bond acceptors (Lipinski definition) is 6. The summed E-state index contributed by atoms with van der Waals surface area (Å²) in [6, 6.07) is 22.6. The van der Waals surface area contributed by atoms with Crippen LogP contribution in [0, 0.1) is 24.1 Å². The molecule has 3 aromatic heterocycles. The van der Waals surface area contributed by atoms with Crippen LogP contribution in [0.2, 0.25) is 0 Å². The first-order chi connectivity index (χ1) is 20.1. The zero-order valence-electron chi connectivity index (χ0n) is 22.2. The van der Waals surface area contributed by atoms with Gasteiger partial charge < -0.3 is 5.11 Å². The van der Waals surface area contributed by atoms with E-state index in [0.29, 0.717) is 38.2 Å². The molecule has 0 spiro atoms. The van der Waals surface area contributed by atoms with E-state index in [0.717, 1.165) is 5.56 Å². The van der Waals surface area contributed by atoms with Crippen molar-refractivity contribution in [3.05, 3.63) is 106 Å². The van der Waals surface area contributed by atoms with Gasteiger partial charge in [-0.3, -0.25) is 4.68 Å². The summed E-state index contributed by atoms with van der Waals surface area (Å²) in [6.07, 6.45) is 0. The summed E-state index contributed by atoms with van der Waals surface area (Å²) in [7, 11) is -2.62. The maximum Gasteiger partial charge on any atom is 0.356 e. The molecule has 0 amide bonds. The van der Waals surface area contributed by atoms with Gasteiger partial charge in [-0.25, -0.2) is 21.6 Å². The maximum absolute atomic E-state index is 14.8. The lowest BCUT2D eigenvalue weighted by atomic mass is 9.97. The molecule has 0 aliphatic heterocycles. The molecule has 3 heterocycles. The predicted octanol–water partition coefficient (Wildman–Crippen LogP) is 6.69. The van der Waals surface area contributed by atoms with Crippen LogP contribution in [-0.4, -0.2) is 33.2 Å². The number of aromatic carboxylic acids is 1. The van der Waals surface area contributed by atoms with Gasteiger partial charge in [0.2, 0.25) is 0 Å². The minimum Gasteiger partial charge on any atom is -0.476 e. The smallest absolute Gasteiger partial charge is 0.356 e. The molecule has 0 saturated heterocycles. The van der Waals surface area contributed by atoms with Gasteiger partial charge >= 0.3 is 5.97 Å². The van der Waals surface area contributed by atoms with Gasteiger partial charge in [-0.15, -0.1) is 11.3 Å². The van der Waals surface area contributed by atoms with E-state index in [9.17, 15) is 28.0 Å². The summed E-state index contributed by atoms with van der Waals surface area (Å²) < 4.78 is 46.2. The summed E-state index contributed by atoms with van der Waals surface area (Å²) in [5.74, 6) is -1.73. The second-order valence-corrected chi connectivity index (χ2v) is 12.4. The number of benzene rings is 3. The minimum absolute atomic E-state index is 0.0434. The van der Waals surface area contributed by atoms with Crippen molar-refractivity contribution < 1.29 is 22.7 Å². The Bertz CT molecular complexity index is 2190. The van der Waals surface area contributed by atoms with E-state index in [4.69, 9.17) is 0 Å². The molecule has 0 saturated carbocycles. The molecule has 8 nitrogen and oxygen atoms in total. The van der Waals surface area contributed by atoms with Crippen molar-refractivity contribution in [3.8, 4) is 39.7 Å². The zero-order valence-corrected chi connectivity index (χ0v) is 23.9. The Morgan fingerprint density at radius 1 is 1.02 bits per heavy atom. The standard InChI is InChI=1S/C31H21FN4O4S2/c1-18-6-9-22(10-7-18)42(39,40)36-26-11-8-21(32)15-24(26)29(23-12-13-41-28(23)17-33)30(36)20-5-3-4-19(14-20)27-16-25(31(37)38)34-35(27)2/h3-16H,1-2H3,(H,37,38). The summed E-state index contributed by atoms with van der Waals surface area (Å²) in [6.45, 7) is 1.85. The van der Waals surface area contributed by atoms with Gasteiger partial charge in [0.15, 0.2) is 5.69 Å². The van der Waals surface area contributed by atoms with Crippen LogP contribution >= 0.6 is 11.3 Å². The monoisotopic (exact) mass is 596 g/mol. The van der Waals surface area contributed by atoms with Crippen LogP contribution in [-0.2, 0) is 17.1 Å². The molecule has 6 rings (SSSR count). The molecular formula is C31H21FN4O4S2. The number of halogens is 1. The minimum atomic E-state index is -4.24. The third kappa shape index (κ3) is 4.38. The molecule has 6 aromatic rings. The van der Waals surface area contributed by atoms with Crippen molar-refractivity contribution in [1.29, 1.82) is 5.26 Å². The highest BCUT2D eigenvalue weighted by Gasteiger charge is 2.30. The normalized spacial score (nSPS) is 11.6. The molecule has 0 fully saturated rings. The van der Waals surface area contributed by atoms with Gasteiger partial charge in [0.25, 0.3) is 10.0 Å². The zero-order chi connectivity index (χ0) is 29.8. The Morgan fingerprint density at radius 3 is 2.45 bits per heavy atom. The van der Waals surface area contributed by atoms with E-state index < -0.39 is 21.8 Å². The SMILES string of the molecule is Cc1ccc(S(=O)(=O)n2c(-c3cccc(-c4cc(C(=O)O)nn4C)c3)c(-c3ccsc3C#N)c3cc(F)ccc32)cc1. The molecule has 0 atom stereocenters. The quantitative estimate of drug-likeness (QED) is 0.229. The Balaban J connectivity index is 1.74. The van der Waals surface area contributed by atoms with Crippen molar-refractivity contribution in [3.63, 3.8) is 0 Å². The number of aryl methyl sites for hydroxylation is 2. The number of fused-ring (bicyclic) bond motifs is 1. The van der Waals surface area contributed by atoms with Gasteiger partial charge in [-0.2, -0.15) is 10.4 Å². The van der Waals surface area contributed by atoms with Crippen LogP contribution in [0.1, 0.15) is 20.9 Å². The number of hydrogen-bond donors (Lipinski definition) is 1. The van der Waals surface area contributed by atoms with Crippen LogP contribution in [0.5, 0.6) is 0 Å². The molecule has 3 aromatic carbocycles. The summed E-state index contributed by atoms with van der Waals surface area (Å²) in [4.78, 5) is 12.0. The number of nitriles is 1. The summed E-state index contributed by atoms with van der Waals surface area (Å²) >= 11 is 1.20. The lowest BCUT2D eigenvalue weighted by molar-refractivity contribution is 0.0689. The lowest BCUT2D eigenvalue weighted by Crippen LogP contribution is -2.14. The number of carboxylic acid groups (broad SMARTS) is 1. The topological polar surface area (TPSA) is 118 Å². The average Bonchev–Trinajstić information content (AvgIpc) is 3.68. The van der Waals surface area contributed by atoms with E-state index in [2.05, 4.69) is 11.2 Å². The highest BCUT2D eigenvalue weighted by atomic mass is 32.2. The van der Waals surface area contributed by atoms with E-state index in [1.807, 2.05) is 6.92 Å². The molecule has 0 radical (unpaired) electrons. The van der Waals surface area contributed by atoms with E-state index in [-0.39, 0.29) is 21.8 Å². The van der Waals surface area contributed by atoms with E-state index in [1.54, 1.807) is 54.9 Å².